The number of ether oxygens (including phenoxy) is 6. The summed E-state index contributed by atoms with van der Waals surface area (Å²) in [5.74, 6) is -3.28. The van der Waals surface area contributed by atoms with E-state index in [1.54, 1.807) is 0 Å². The molecule has 7 rings (SSSR count). The number of carbonyl (C=O) groups excluding carboxylic acids is 3. The molecule has 1 N–H and O–H groups in total. The van der Waals surface area contributed by atoms with Gasteiger partial charge in [0, 0.05) is 0 Å². The third kappa shape index (κ3) is 1.39. The molecule has 0 unspecified atom stereocenters. The predicted octanol–water partition coefficient (Wildman–Crippen LogP) is -0.350. The summed E-state index contributed by atoms with van der Waals surface area (Å²) in [5, 5.41) is 12.1. The van der Waals surface area contributed by atoms with Crippen molar-refractivity contribution in [3.8, 4) is 0 Å². The average molecular weight is 436 g/mol. The first-order valence-electron chi connectivity index (χ1n) is 10.8. The largest absolute Gasteiger partial charge is 0.459 e. The van der Waals surface area contributed by atoms with Gasteiger partial charge in [-0.25, -0.2) is 9.59 Å². The molecule has 0 bridgehead atoms. The standard InChI is InChI=1S/C21H24O10/c1-7-13(22)29-11-10-19-9-5-8(17(2,3)4)18(19)12(27-6-26-10)14(23)30-16(18)31-21(19,15(24)28-9)20(7,11)25/h7-12,16,25H,5-6H2,1-4H3/t7-,8+,9-,10-,11+,12+,16+,18+,19+,20-,21-/m1/s1. The average Bonchev–Trinajstić information content (AvgIpc) is 3.35. The van der Waals surface area contributed by atoms with Crippen LogP contribution in [-0.4, -0.2) is 71.7 Å². The summed E-state index contributed by atoms with van der Waals surface area (Å²) in [4.78, 5) is 39.1. The SMILES string of the molecule is C[C@@H]1C(=O)O[C@H]2[C@H]3OCO[C@H]4C(=O)O[C@H]5O[C@@]6(C(=O)O[C@@H]7C[C@@H](C(C)(C)C)[C@@]54[C@@]376)[C@@]12O. The van der Waals surface area contributed by atoms with E-state index in [4.69, 9.17) is 28.4 Å². The molecule has 7 aliphatic rings. The Morgan fingerprint density at radius 1 is 1.00 bits per heavy atom. The van der Waals surface area contributed by atoms with Crippen molar-refractivity contribution < 1.29 is 47.9 Å². The van der Waals surface area contributed by atoms with Crippen molar-refractivity contribution in [3.63, 3.8) is 0 Å². The summed E-state index contributed by atoms with van der Waals surface area (Å²) in [6.07, 6.45) is -4.58. The highest BCUT2D eigenvalue weighted by Gasteiger charge is 3.04. The summed E-state index contributed by atoms with van der Waals surface area (Å²) in [7, 11) is 0. The number of carbonyl (C=O) groups is 3. The molecule has 0 radical (unpaired) electrons. The number of hydrogen-bond donors (Lipinski definition) is 1. The minimum absolute atomic E-state index is 0.223. The highest BCUT2D eigenvalue weighted by Crippen LogP contribution is 2.85. The monoisotopic (exact) mass is 436 g/mol. The fourth-order valence-corrected chi connectivity index (χ4v) is 8.66. The van der Waals surface area contributed by atoms with Crippen molar-refractivity contribution in [2.75, 3.05) is 6.79 Å². The predicted molar refractivity (Wildman–Crippen MR) is 94.6 cm³/mol. The van der Waals surface area contributed by atoms with E-state index in [9.17, 15) is 19.5 Å². The van der Waals surface area contributed by atoms with Gasteiger partial charge in [-0.3, -0.25) is 4.79 Å². The van der Waals surface area contributed by atoms with Gasteiger partial charge in [-0.2, -0.15) is 0 Å². The highest BCUT2D eigenvalue weighted by molar-refractivity contribution is 5.94. The molecule has 2 aliphatic carbocycles. The van der Waals surface area contributed by atoms with Crippen LogP contribution >= 0.6 is 0 Å². The molecular formula is C21H24O10. The van der Waals surface area contributed by atoms with Gasteiger partial charge in [-0.05, 0) is 24.7 Å². The van der Waals surface area contributed by atoms with E-state index in [0.717, 1.165) is 0 Å². The summed E-state index contributed by atoms with van der Waals surface area (Å²) < 4.78 is 35.6. The molecule has 5 heterocycles. The van der Waals surface area contributed by atoms with E-state index in [2.05, 4.69) is 0 Å². The van der Waals surface area contributed by atoms with Gasteiger partial charge in [0.15, 0.2) is 17.8 Å². The number of rotatable bonds is 0. The van der Waals surface area contributed by atoms with Crippen LogP contribution in [0.2, 0.25) is 0 Å². The Morgan fingerprint density at radius 2 is 1.74 bits per heavy atom. The third-order valence-electron chi connectivity index (χ3n) is 9.42. The van der Waals surface area contributed by atoms with E-state index in [-0.39, 0.29) is 18.1 Å². The van der Waals surface area contributed by atoms with Crippen LogP contribution < -0.4 is 0 Å². The molecule has 0 amide bonds. The lowest BCUT2D eigenvalue weighted by molar-refractivity contribution is -0.240. The molecule has 0 aromatic rings. The number of hydrogen-bond acceptors (Lipinski definition) is 10. The number of aliphatic hydroxyl groups is 1. The van der Waals surface area contributed by atoms with Crippen LogP contribution in [0.5, 0.6) is 0 Å². The van der Waals surface area contributed by atoms with Crippen molar-refractivity contribution >= 4 is 17.9 Å². The van der Waals surface area contributed by atoms with E-state index >= 15 is 0 Å². The lowest BCUT2D eigenvalue weighted by Gasteiger charge is -2.47. The van der Waals surface area contributed by atoms with Crippen molar-refractivity contribution in [3.05, 3.63) is 0 Å². The summed E-state index contributed by atoms with van der Waals surface area (Å²) in [6, 6.07) is 0. The van der Waals surface area contributed by atoms with Gasteiger partial charge in [0.05, 0.1) is 16.7 Å². The second kappa shape index (κ2) is 4.78. The van der Waals surface area contributed by atoms with Gasteiger partial charge in [0.2, 0.25) is 11.9 Å². The van der Waals surface area contributed by atoms with Crippen molar-refractivity contribution in [2.45, 2.75) is 76.0 Å². The Morgan fingerprint density at radius 3 is 2.45 bits per heavy atom. The summed E-state index contributed by atoms with van der Waals surface area (Å²) in [5.41, 5.74) is -6.80. The summed E-state index contributed by atoms with van der Waals surface area (Å²) in [6.45, 7) is 7.38. The molecule has 0 aromatic carbocycles. The fourth-order valence-electron chi connectivity index (χ4n) is 8.66. The normalized spacial score (nSPS) is 60.3. The maximum atomic E-state index is 13.6. The van der Waals surface area contributed by atoms with E-state index in [1.807, 2.05) is 20.8 Å². The molecule has 5 saturated heterocycles. The Balaban J connectivity index is 1.62. The van der Waals surface area contributed by atoms with Crippen LogP contribution in [0.4, 0.5) is 0 Å². The molecule has 7 fully saturated rings. The quantitative estimate of drug-likeness (QED) is 0.398. The minimum atomic E-state index is -2.03. The molecular weight excluding hydrogens is 412 g/mol. The molecule has 2 saturated carbocycles. The van der Waals surface area contributed by atoms with Crippen molar-refractivity contribution in [2.24, 2.45) is 28.1 Å². The van der Waals surface area contributed by atoms with Gasteiger partial charge < -0.3 is 33.5 Å². The topological polar surface area (TPSA) is 127 Å². The molecule has 10 nitrogen and oxygen atoms in total. The first-order chi connectivity index (χ1) is 14.5. The molecule has 11 atom stereocenters. The molecule has 10 heteroatoms. The van der Waals surface area contributed by atoms with E-state index in [1.165, 1.54) is 6.92 Å². The molecule has 31 heavy (non-hydrogen) atoms. The highest BCUT2D eigenvalue weighted by atomic mass is 16.8. The van der Waals surface area contributed by atoms with Crippen molar-refractivity contribution in [1.29, 1.82) is 0 Å². The van der Waals surface area contributed by atoms with Gasteiger partial charge >= 0.3 is 17.9 Å². The zero-order chi connectivity index (χ0) is 21.9. The van der Waals surface area contributed by atoms with Gasteiger partial charge in [-0.15, -0.1) is 0 Å². The second-order valence-corrected chi connectivity index (χ2v) is 11.1. The van der Waals surface area contributed by atoms with Crippen molar-refractivity contribution in [1.82, 2.24) is 0 Å². The Bertz CT molecular complexity index is 972. The van der Waals surface area contributed by atoms with Crippen LogP contribution in [0.25, 0.3) is 0 Å². The van der Waals surface area contributed by atoms with Crippen LogP contribution in [0, 0.1) is 28.1 Å². The molecule has 2 spiro atoms. The Kier molecular flexibility index (Phi) is 2.90. The third-order valence-corrected chi connectivity index (χ3v) is 9.42. The van der Waals surface area contributed by atoms with Crippen LogP contribution in [0.1, 0.15) is 34.1 Å². The lowest BCUT2D eigenvalue weighted by Crippen LogP contribution is -2.67. The zero-order valence-corrected chi connectivity index (χ0v) is 17.6. The van der Waals surface area contributed by atoms with E-state index < -0.39 is 76.6 Å². The first-order valence-corrected chi connectivity index (χ1v) is 10.8. The molecule has 168 valence electrons. The fraction of sp³-hybridized carbons (Fsp3) is 0.857. The number of esters is 3. The van der Waals surface area contributed by atoms with Crippen LogP contribution in [0.15, 0.2) is 0 Å². The first kappa shape index (κ1) is 18.8. The minimum Gasteiger partial charge on any atom is -0.459 e. The maximum Gasteiger partial charge on any atom is 0.343 e. The number of fused-ring (bicyclic) bond motifs is 2. The van der Waals surface area contributed by atoms with E-state index in [0.29, 0.717) is 6.42 Å². The maximum absolute atomic E-state index is 13.6. The summed E-state index contributed by atoms with van der Waals surface area (Å²) >= 11 is 0. The Hall–Kier alpha value is -1.75. The second-order valence-electron chi connectivity index (χ2n) is 11.1. The van der Waals surface area contributed by atoms with Gasteiger partial charge in [0.1, 0.15) is 19.0 Å². The van der Waals surface area contributed by atoms with Crippen LogP contribution in [0.3, 0.4) is 0 Å². The Labute approximate surface area is 177 Å². The molecule has 0 aromatic heterocycles. The lowest BCUT2D eigenvalue weighted by atomic mass is 9.51. The smallest absolute Gasteiger partial charge is 0.343 e. The zero-order valence-electron chi connectivity index (χ0n) is 17.6. The molecule has 5 aliphatic heterocycles. The van der Waals surface area contributed by atoms with Gasteiger partial charge in [-0.1, -0.05) is 20.8 Å². The van der Waals surface area contributed by atoms with Crippen LogP contribution in [-0.2, 0) is 42.8 Å². The van der Waals surface area contributed by atoms with Gasteiger partial charge in [0.25, 0.3) is 0 Å².